The van der Waals surface area contributed by atoms with Gasteiger partial charge < -0.3 is 15.6 Å². The van der Waals surface area contributed by atoms with Gasteiger partial charge in [0.15, 0.2) is 5.78 Å². The Bertz CT molecular complexity index is 1350. The molecule has 0 bridgehead atoms. The van der Waals surface area contributed by atoms with E-state index in [1.54, 1.807) is 6.92 Å². The molecule has 0 aromatic heterocycles. The van der Waals surface area contributed by atoms with Crippen LogP contribution in [0.4, 0.5) is 0 Å². The Morgan fingerprint density at radius 1 is 0.826 bits per heavy atom. The number of hydrogen-bond acceptors (Lipinski definition) is 5. The van der Waals surface area contributed by atoms with E-state index in [-0.39, 0.29) is 57.8 Å². The van der Waals surface area contributed by atoms with Gasteiger partial charge in [0.1, 0.15) is 6.10 Å². The van der Waals surface area contributed by atoms with Crippen molar-refractivity contribution < 1.29 is 24.2 Å². The number of ketones is 1. The number of aliphatic carboxylic acids is 1. The summed E-state index contributed by atoms with van der Waals surface area (Å²) >= 11 is 0. The molecule has 3 N–H and O–H groups in total. The van der Waals surface area contributed by atoms with Gasteiger partial charge in [0.25, 0.3) is 0 Å². The number of fused-ring (bicyclic) bond motifs is 7. The van der Waals surface area contributed by atoms with Gasteiger partial charge in [0.2, 0.25) is 0 Å². The molecule has 0 heterocycles. The van der Waals surface area contributed by atoms with Gasteiger partial charge in [-0.2, -0.15) is 0 Å². The summed E-state index contributed by atoms with van der Waals surface area (Å²) in [5, 5.41) is 10.0. The fraction of sp³-hybridized carbons (Fsp3) is 0.872. The SMILES string of the molecule is CC(C)C1=C2[C@H]3CC[C@@H]4[C@@]5(C)CC[C@H](OC(=O)[C@H]6CC[C@@](C)(C(=O)O)C6(C)C)C(C)(C)[C@@H]5CC[C@@]4(C)[C@]3(C)CC[C@@]2(N)CC1=O.Cl. The quantitative estimate of drug-likeness (QED) is 0.293. The summed E-state index contributed by atoms with van der Waals surface area (Å²) in [4.78, 5) is 39.3. The van der Waals surface area contributed by atoms with Crippen molar-refractivity contribution in [1.82, 2.24) is 0 Å². The normalized spacial score (nSPS) is 47.3. The highest BCUT2D eigenvalue weighted by Gasteiger charge is 2.70. The van der Waals surface area contributed by atoms with Crippen molar-refractivity contribution in [3.63, 3.8) is 0 Å². The molecule has 7 heteroatoms. The summed E-state index contributed by atoms with van der Waals surface area (Å²) in [5.74, 6) is 0.454. The van der Waals surface area contributed by atoms with Gasteiger partial charge in [-0.15, -0.1) is 12.4 Å². The minimum absolute atomic E-state index is 0. The molecule has 10 atom stereocenters. The van der Waals surface area contributed by atoms with E-state index in [9.17, 15) is 19.5 Å². The Kier molecular flexibility index (Phi) is 8.43. The van der Waals surface area contributed by atoms with Gasteiger partial charge >= 0.3 is 11.9 Å². The van der Waals surface area contributed by atoms with Crippen molar-refractivity contribution in [3.05, 3.63) is 11.1 Å². The molecular formula is C39H62ClNO5. The monoisotopic (exact) mass is 659 g/mol. The van der Waals surface area contributed by atoms with E-state index in [2.05, 4.69) is 48.5 Å². The van der Waals surface area contributed by atoms with Crippen molar-refractivity contribution in [3.8, 4) is 0 Å². The molecule has 46 heavy (non-hydrogen) atoms. The van der Waals surface area contributed by atoms with Crippen LogP contribution >= 0.6 is 12.4 Å². The third-order valence-corrected chi connectivity index (χ3v) is 16.7. The Morgan fingerprint density at radius 3 is 2.07 bits per heavy atom. The highest BCUT2D eigenvalue weighted by atomic mass is 35.5. The summed E-state index contributed by atoms with van der Waals surface area (Å²) in [5.41, 5.74) is 7.67. The second-order valence-corrected chi connectivity index (χ2v) is 19.1. The zero-order valence-corrected chi connectivity index (χ0v) is 31.1. The van der Waals surface area contributed by atoms with Crippen LogP contribution in [0.15, 0.2) is 11.1 Å². The molecular weight excluding hydrogens is 598 g/mol. The topological polar surface area (TPSA) is 107 Å². The molecule has 0 unspecified atom stereocenters. The van der Waals surface area contributed by atoms with Crippen molar-refractivity contribution in [2.75, 3.05) is 0 Å². The number of carbonyl (C=O) groups is 3. The Labute approximate surface area is 284 Å². The molecule has 0 radical (unpaired) electrons. The van der Waals surface area contributed by atoms with Crippen molar-refractivity contribution >= 4 is 30.1 Å². The molecule has 0 aromatic rings. The average Bonchev–Trinajstić information content (AvgIpc) is 3.34. The zero-order chi connectivity index (χ0) is 33.3. The van der Waals surface area contributed by atoms with Crippen LogP contribution in [0.1, 0.15) is 140 Å². The molecule has 5 fully saturated rings. The van der Waals surface area contributed by atoms with E-state index in [0.29, 0.717) is 37.0 Å². The van der Waals surface area contributed by atoms with E-state index in [0.717, 1.165) is 56.9 Å². The molecule has 6 nitrogen and oxygen atoms in total. The first-order valence-corrected chi connectivity index (χ1v) is 18.1. The minimum atomic E-state index is -0.930. The summed E-state index contributed by atoms with van der Waals surface area (Å²) in [6, 6.07) is 0. The molecule has 6 rings (SSSR count). The number of carboxylic acids is 1. The van der Waals surface area contributed by atoms with E-state index >= 15 is 0 Å². The Balaban J connectivity index is 0.00000417. The van der Waals surface area contributed by atoms with E-state index < -0.39 is 28.3 Å². The molecule has 0 aromatic carbocycles. The smallest absolute Gasteiger partial charge is 0.309 e. The Hall–Kier alpha value is -1.40. The molecule has 0 aliphatic heterocycles. The summed E-state index contributed by atoms with van der Waals surface area (Å²) in [6.45, 7) is 22.3. The maximum Gasteiger partial charge on any atom is 0.309 e. The molecule has 260 valence electrons. The second kappa shape index (κ2) is 10.8. The van der Waals surface area contributed by atoms with Crippen LogP contribution < -0.4 is 5.73 Å². The molecule has 0 spiro atoms. The van der Waals surface area contributed by atoms with Gasteiger partial charge in [-0.05, 0) is 128 Å². The lowest BCUT2D eigenvalue weighted by atomic mass is 9.33. The number of carboxylic acid groups (broad SMARTS) is 1. The van der Waals surface area contributed by atoms with Crippen LogP contribution in [0.2, 0.25) is 0 Å². The number of nitrogens with two attached hydrogens (primary N) is 1. The molecule has 0 amide bonds. The summed E-state index contributed by atoms with van der Waals surface area (Å²) < 4.78 is 6.48. The number of esters is 1. The number of hydrogen-bond donors (Lipinski definition) is 2. The maximum absolute atomic E-state index is 13.8. The van der Waals surface area contributed by atoms with Gasteiger partial charge in [0.05, 0.1) is 11.3 Å². The first-order chi connectivity index (χ1) is 20.6. The summed E-state index contributed by atoms with van der Waals surface area (Å²) in [7, 11) is 0. The lowest BCUT2D eigenvalue weighted by Gasteiger charge is -2.72. The standard InChI is InChI=1S/C39H61NO5.ClH/c1-22(2)29-25(41)21-39(40)20-19-36(8)23(30(29)39)11-12-27-35(7)16-15-28(33(3,4)26(35)14-18-37(27,36)9)45-31(42)24-13-17-38(10,32(43)44)34(24,5)6;/h22-24,26-28H,11-21,40H2,1-10H3,(H,43,44);1H/t23-,24-,26+,27-,28+,35+,36-,37-,38+,39-;/m1./s1. The Morgan fingerprint density at radius 2 is 1.48 bits per heavy atom. The van der Waals surface area contributed by atoms with Crippen molar-refractivity contribution in [2.45, 2.75) is 152 Å². The number of allylic oxidation sites excluding steroid dienone is 1. The number of ether oxygens (including phenoxy) is 1. The van der Waals surface area contributed by atoms with E-state index in [4.69, 9.17) is 10.5 Å². The fourth-order valence-corrected chi connectivity index (χ4v) is 13.3. The predicted octanol–water partition coefficient (Wildman–Crippen LogP) is 8.54. The van der Waals surface area contributed by atoms with Crippen LogP contribution in [0, 0.1) is 62.1 Å². The van der Waals surface area contributed by atoms with Gasteiger partial charge in [0, 0.05) is 17.4 Å². The summed E-state index contributed by atoms with van der Waals surface area (Å²) in [6.07, 6.45) is 9.80. The number of Topliss-reactive ketones (excluding diaryl/α,β-unsaturated/α-hetero) is 1. The first kappa shape index (κ1) is 35.9. The van der Waals surface area contributed by atoms with E-state index in [1.165, 1.54) is 5.57 Å². The number of carbonyl (C=O) groups excluding carboxylic acids is 2. The van der Waals surface area contributed by atoms with Crippen LogP contribution in [0.5, 0.6) is 0 Å². The van der Waals surface area contributed by atoms with Crippen LogP contribution in [-0.2, 0) is 19.1 Å². The lowest BCUT2D eigenvalue weighted by molar-refractivity contribution is -0.233. The molecule has 5 saturated carbocycles. The first-order valence-electron chi connectivity index (χ1n) is 18.1. The lowest BCUT2D eigenvalue weighted by Crippen LogP contribution is -2.66. The second-order valence-electron chi connectivity index (χ2n) is 19.1. The fourth-order valence-electron chi connectivity index (χ4n) is 13.3. The van der Waals surface area contributed by atoms with Crippen molar-refractivity contribution in [2.24, 2.45) is 67.8 Å². The third kappa shape index (κ3) is 4.39. The van der Waals surface area contributed by atoms with Gasteiger partial charge in [-0.1, -0.05) is 62.3 Å². The molecule has 0 saturated heterocycles. The van der Waals surface area contributed by atoms with Gasteiger partial charge in [-0.25, -0.2) is 0 Å². The largest absolute Gasteiger partial charge is 0.481 e. The molecule has 6 aliphatic rings. The number of halogens is 1. The number of rotatable bonds is 4. The van der Waals surface area contributed by atoms with Crippen molar-refractivity contribution in [1.29, 1.82) is 0 Å². The third-order valence-electron chi connectivity index (χ3n) is 16.7. The average molecular weight is 660 g/mol. The van der Waals surface area contributed by atoms with Crippen LogP contribution in [0.3, 0.4) is 0 Å². The van der Waals surface area contributed by atoms with Gasteiger partial charge in [-0.3, -0.25) is 14.4 Å². The predicted molar refractivity (Wildman–Crippen MR) is 183 cm³/mol. The highest BCUT2D eigenvalue weighted by molar-refractivity contribution is 6.01. The minimum Gasteiger partial charge on any atom is -0.481 e. The maximum atomic E-state index is 13.8. The van der Waals surface area contributed by atoms with Crippen LogP contribution in [-0.4, -0.2) is 34.5 Å². The highest BCUT2D eigenvalue weighted by Crippen LogP contribution is 2.75. The molecule has 6 aliphatic carbocycles. The zero-order valence-electron chi connectivity index (χ0n) is 30.3. The van der Waals surface area contributed by atoms with Crippen LogP contribution in [0.25, 0.3) is 0 Å². The van der Waals surface area contributed by atoms with E-state index in [1.807, 2.05) is 13.8 Å².